The molecule has 0 N–H and O–H groups in total. The van der Waals surface area contributed by atoms with E-state index in [0.29, 0.717) is 0 Å². The maximum Gasteiger partial charge on any atom is 2.00 e. The molecule has 0 saturated carbocycles. The predicted molar refractivity (Wildman–Crippen MR) is 71.3 cm³/mol. The fraction of sp³-hybridized carbons (Fsp3) is 1.00. The number of hydrogen-bond acceptors (Lipinski definition) is 8. The third kappa shape index (κ3) is 16.3. The van der Waals surface area contributed by atoms with Gasteiger partial charge in [-0.3, -0.25) is 0 Å². The summed E-state index contributed by atoms with van der Waals surface area (Å²) >= 11 is 18.5. The Kier molecular flexibility index (Phi) is 17.2. The largest absolute Gasteiger partial charge is 2.00 e. The molecule has 0 atom stereocenters. The van der Waals surface area contributed by atoms with E-state index in [2.05, 4.69) is 66.2 Å². The summed E-state index contributed by atoms with van der Waals surface area (Å²) in [5.74, 6) is 0. The average molecular weight is 373 g/mol. The van der Waals surface area contributed by atoms with Gasteiger partial charge in [-0.2, -0.15) is 0 Å². The van der Waals surface area contributed by atoms with Crippen LogP contribution in [0.2, 0.25) is 0 Å². The molecule has 0 spiro atoms. The van der Waals surface area contributed by atoms with Crippen molar-refractivity contribution in [2.75, 3.05) is 28.4 Å². The van der Waals surface area contributed by atoms with E-state index in [9.17, 15) is 0 Å². The summed E-state index contributed by atoms with van der Waals surface area (Å²) in [7, 11) is 5.82. The van der Waals surface area contributed by atoms with Crippen molar-refractivity contribution in [1.82, 2.24) is 0 Å². The molecular formula is C4H12CoO4P2S4. The summed E-state index contributed by atoms with van der Waals surface area (Å²) in [6.07, 6.45) is 0. The van der Waals surface area contributed by atoms with Crippen LogP contribution < -0.4 is 0 Å². The first-order chi connectivity index (χ1) is 6.24. The smallest absolute Gasteiger partial charge is 0.691 e. The third-order valence-corrected chi connectivity index (χ3v) is 6.26. The van der Waals surface area contributed by atoms with Gasteiger partial charge in [0.2, 0.25) is 0 Å². The van der Waals surface area contributed by atoms with E-state index in [-0.39, 0.29) is 16.8 Å². The first-order valence-corrected chi connectivity index (χ1v) is 10.4. The van der Waals surface area contributed by atoms with Gasteiger partial charge in [0.05, 0.1) is 11.4 Å². The van der Waals surface area contributed by atoms with E-state index in [1.54, 1.807) is 0 Å². The zero-order valence-electron chi connectivity index (χ0n) is 8.49. The molecule has 0 fully saturated rings. The van der Waals surface area contributed by atoms with Crippen LogP contribution in [-0.4, -0.2) is 28.4 Å². The van der Waals surface area contributed by atoms with Crippen molar-refractivity contribution in [3.05, 3.63) is 0 Å². The fourth-order valence-electron chi connectivity index (χ4n) is 0.149. The Balaban J connectivity index is -0.000000180. The Morgan fingerprint density at radius 2 is 0.867 bits per heavy atom. The minimum atomic E-state index is -2.24. The van der Waals surface area contributed by atoms with E-state index >= 15 is 0 Å². The van der Waals surface area contributed by atoms with Crippen LogP contribution in [0.3, 0.4) is 0 Å². The molecule has 0 saturated heterocycles. The molecule has 0 heterocycles. The van der Waals surface area contributed by atoms with Gasteiger partial charge in [0.1, 0.15) is 0 Å². The van der Waals surface area contributed by atoms with Gasteiger partial charge in [-0.05, 0) is 0 Å². The molecule has 0 aliphatic rings. The van der Waals surface area contributed by atoms with Gasteiger partial charge >= 0.3 is 16.8 Å². The molecule has 0 aromatic rings. The van der Waals surface area contributed by atoms with Crippen molar-refractivity contribution in [3.8, 4) is 0 Å². The molecule has 0 unspecified atom stereocenters. The van der Waals surface area contributed by atoms with Crippen LogP contribution in [0.5, 0.6) is 0 Å². The summed E-state index contributed by atoms with van der Waals surface area (Å²) in [5, 5.41) is 0. The molecular weight excluding hydrogens is 361 g/mol. The summed E-state index contributed by atoms with van der Waals surface area (Å²) < 4.78 is 18.4. The summed E-state index contributed by atoms with van der Waals surface area (Å²) in [6, 6.07) is 0. The number of hydrogen-bond donors (Lipinski definition) is 0. The van der Waals surface area contributed by atoms with Crippen LogP contribution in [0.25, 0.3) is 0 Å². The molecule has 0 rings (SSSR count). The molecule has 1 radical (unpaired) electrons. The van der Waals surface area contributed by atoms with Gasteiger partial charge in [-0.25, -0.2) is 0 Å². The Morgan fingerprint density at radius 1 is 0.733 bits per heavy atom. The van der Waals surface area contributed by atoms with Crippen LogP contribution in [0.15, 0.2) is 0 Å². The Hall–Kier alpha value is 2.35. The SMILES string of the molecule is COP(=S)([S-])OC.COP(=S)([S-])OC.[Co+2]. The molecule has 11 heteroatoms. The quantitative estimate of drug-likeness (QED) is 0.548. The molecule has 0 aliphatic carbocycles. The molecule has 95 valence electrons. The maximum atomic E-state index is 4.63. The normalized spacial score (nSPS) is 11.1. The zero-order chi connectivity index (χ0) is 11.8. The summed E-state index contributed by atoms with van der Waals surface area (Å²) in [6.45, 7) is 0. The Labute approximate surface area is 122 Å². The van der Waals surface area contributed by atoms with Crippen molar-refractivity contribution in [1.29, 1.82) is 0 Å². The van der Waals surface area contributed by atoms with Crippen LogP contribution in [0.4, 0.5) is 0 Å². The van der Waals surface area contributed by atoms with Crippen LogP contribution in [0, 0.1) is 0 Å². The van der Waals surface area contributed by atoms with E-state index < -0.39 is 11.4 Å². The zero-order valence-corrected chi connectivity index (χ0v) is 14.6. The summed E-state index contributed by atoms with van der Waals surface area (Å²) in [5.41, 5.74) is -4.48. The molecule has 15 heavy (non-hydrogen) atoms. The molecule has 0 aromatic carbocycles. The second kappa shape index (κ2) is 11.4. The van der Waals surface area contributed by atoms with Crippen LogP contribution in [0.1, 0.15) is 0 Å². The molecule has 0 amide bonds. The van der Waals surface area contributed by atoms with Crippen LogP contribution in [-0.2, 0) is 83.0 Å². The molecule has 0 aliphatic heterocycles. The third-order valence-electron chi connectivity index (χ3n) is 0.894. The second-order valence-electron chi connectivity index (χ2n) is 1.62. The minimum absolute atomic E-state index is 0. The van der Waals surface area contributed by atoms with E-state index in [1.807, 2.05) is 0 Å². The van der Waals surface area contributed by atoms with Gasteiger partial charge in [0.25, 0.3) is 0 Å². The Bertz CT molecular complexity index is 201. The Morgan fingerprint density at radius 3 is 0.867 bits per heavy atom. The standard InChI is InChI=1S/2C2H7O2PS2.Co/c2*1-3-5(6,7)4-2;/h2*1-2H3,(H,6,7);/q;;+2/p-2. The van der Waals surface area contributed by atoms with Crippen molar-refractivity contribution in [2.24, 2.45) is 0 Å². The van der Waals surface area contributed by atoms with Gasteiger partial charge < -0.3 is 42.6 Å². The van der Waals surface area contributed by atoms with Gasteiger partial charge in [-0.1, -0.05) is 23.6 Å². The van der Waals surface area contributed by atoms with E-state index in [4.69, 9.17) is 0 Å². The first-order valence-electron chi connectivity index (χ1n) is 3.09. The fourth-order valence-corrected chi connectivity index (χ4v) is 0.447. The first kappa shape index (κ1) is 22.5. The maximum absolute atomic E-state index is 4.63. The van der Waals surface area contributed by atoms with Crippen molar-refractivity contribution >= 4 is 59.5 Å². The molecule has 4 nitrogen and oxygen atoms in total. The monoisotopic (exact) mass is 373 g/mol. The van der Waals surface area contributed by atoms with E-state index in [1.165, 1.54) is 28.4 Å². The average Bonchev–Trinajstić information content (AvgIpc) is 2.19. The van der Waals surface area contributed by atoms with Crippen LogP contribution >= 0.6 is 11.4 Å². The number of rotatable bonds is 4. The van der Waals surface area contributed by atoms with Gasteiger partial charge in [-0.15, -0.1) is 0 Å². The van der Waals surface area contributed by atoms with Gasteiger partial charge in [0, 0.05) is 28.4 Å². The van der Waals surface area contributed by atoms with Gasteiger partial charge in [0.15, 0.2) is 0 Å². The molecule has 0 aromatic heterocycles. The van der Waals surface area contributed by atoms with Crippen molar-refractivity contribution in [2.45, 2.75) is 0 Å². The topological polar surface area (TPSA) is 36.9 Å². The van der Waals surface area contributed by atoms with E-state index in [0.717, 1.165) is 0 Å². The van der Waals surface area contributed by atoms with Crippen molar-refractivity contribution < 1.29 is 34.9 Å². The molecule has 0 bridgehead atoms. The summed E-state index contributed by atoms with van der Waals surface area (Å²) in [4.78, 5) is 0. The van der Waals surface area contributed by atoms with Crippen molar-refractivity contribution in [3.63, 3.8) is 0 Å². The second-order valence-corrected chi connectivity index (χ2v) is 12.0. The minimum Gasteiger partial charge on any atom is -0.691 e. The predicted octanol–water partition coefficient (Wildman–Crippen LogP) is 2.10.